The van der Waals surface area contributed by atoms with Crippen LogP contribution in [0.2, 0.25) is 0 Å². The molecule has 2 aromatic carbocycles. The Kier molecular flexibility index (Phi) is 7.11. The number of carbonyl (C=O) groups excluding carboxylic acids is 1. The molecular weight excluding hydrogens is 444 g/mol. The lowest BCUT2D eigenvalue weighted by molar-refractivity contribution is -0.127. The number of carbonyl (C=O) groups is 1. The van der Waals surface area contributed by atoms with E-state index in [-0.39, 0.29) is 17.4 Å². The molecule has 0 spiro atoms. The molecule has 0 saturated heterocycles. The number of sulfonamides is 1. The predicted octanol–water partition coefficient (Wildman–Crippen LogP) is 4.30. The predicted molar refractivity (Wildman–Crippen MR) is 128 cm³/mol. The van der Waals surface area contributed by atoms with Crippen molar-refractivity contribution in [3.63, 3.8) is 0 Å². The molecule has 9 heteroatoms. The summed E-state index contributed by atoms with van der Waals surface area (Å²) in [5.74, 6) is 1.64. The third-order valence-corrected chi connectivity index (χ3v) is 6.89. The van der Waals surface area contributed by atoms with Gasteiger partial charge in [-0.25, -0.2) is 8.42 Å². The smallest absolute Gasteiger partial charge is 0.262 e. The van der Waals surface area contributed by atoms with Gasteiger partial charge in [0.25, 0.3) is 10.0 Å². The summed E-state index contributed by atoms with van der Waals surface area (Å²) < 4.78 is 45.0. The molecule has 1 aliphatic rings. The van der Waals surface area contributed by atoms with E-state index >= 15 is 0 Å². The highest BCUT2D eigenvalue weighted by Gasteiger charge is 2.37. The minimum Gasteiger partial charge on any atom is -0.493 e. The molecule has 0 radical (unpaired) electrons. The Hall–Kier alpha value is -2.94. The average Bonchev–Trinajstić information content (AvgIpc) is 2.85. The maximum Gasteiger partial charge on any atom is 0.262 e. The fourth-order valence-corrected chi connectivity index (χ4v) is 4.58. The van der Waals surface area contributed by atoms with Crippen LogP contribution in [0, 0.1) is 11.3 Å². The van der Waals surface area contributed by atoms with E-state index in [0.717, 1.165) is 6.42 Å². The summed E-state index contributed by atoms with van der Waals surface area (Å²) in [5, 5.41) is 0. The van der Waals surface area contributed by atoms with E-state index in [9.17, 15) is 13.2 Å². The van der Waals surface area contributed by atoms with Gasteiger partial charge in [0.15, 0.2) is 11.5 Å². The van der Waals surface area contributed by atoms with E-state index < -0.39 is 15.4 Å². The number of fused-ring (bicyclic) bond motifs is 1. The SMILES string of the molecule is COc1ccc(S(=O)(=O)Nc2ccc3c(c2)N(CCC(C)C)C(=O)C(C)(C)CO3)cc1OC. The van der Waals surface area contributed by atoms with E-state index in [0.29, 0.717) is 41.1 Å². The van der Waals surface area contributed by atoms with Crippen molar-refractivity contribution in [3.8, 4) is 17.2 Å². The van der Waals surface area contributed by atoms with Gasteiger partial charge >= 0.3 is 0 Å². The Labute approximate surface area is 195 Å². The number of nitrogens with zero attached hydrogens (tertiary/aromatic N) is 1. The first kappa shape index (κ1) is 24.7. The van der Waals surface area contributed by atoms with E-state index in [4.69, 9.17) is 14.2 Å². The third kappa shape index (κ3) is 5.35. The molecule has 0 aromatic heterocycles. The number of rotatable bonds is 8. The number of amides is 1. The Morgan fingerprint density at radius 2 is 1.79 bits per heavy atom. The van der Waals surface area contributed by atoms with Gasteiger partial charge in [0.2, 0.25) is 5.91 Å². The molecule has 0 atom stereocenters. The summed E-state index contributed by atoms with van der Waals surface area (Å²) in [5.41, 5.74) is 0.183. The average molecular weight is 477 g/mol. The molecule has 33 heavy (non-hydrogen) atoms. The van der Waals surface area contributed by atoms with Gasteiger partial charge in [-0.05, 0) is 56.5 Å². The van der Waals surface area contributed by atoms with Gasteiger partial charge < -0.3 is 19.1 Å². The fraction of sp³-hybridized carbons (Fsp3) is 0.458. The lowest BCUT2D eigenvalue weighted by atomic mass is 9.92. The highest BCUT2D eigenvalue weighted by atomic mass is 32.2. The number of methoxy groups -OCH3 is 2. The van der Waals surface area contributed by atoms with Gasteiger partial charge in [0, 0.05) is 12.6 Å². The first-order valence-electron chi connectivity index (χ1n) is 10.8. The molecule has 1 aliphatic heterocycles. The van der Waals surface area contributed by atoms with Gasteiger partial charge in [0.1, 0.15) is 12.4 Å². The van der Waals surface area contributed by atoms with Crippen LogP contribution in [0.3, 0.4) is 0 Å². The van der Waals surface area contributed by atoms with Crippen LogP contribution in [-0.2, 0) is 14.8 Å². The van der Waals surface area contributed by atoms with Crippen LogP contribution in [0.5, 0.6) is 17.2 Å². The number of hydrogen-bond donors (Lipinski definition) is 1. The second-order valence-electron chi connectivity index (χ2n) is 9.12. The van der Waals surface area contributed by atoms with Crippen LogP contribution in [0.25, 0.3) is 0 Å². The normalized spacial score (nSPS) is 15.5. The highest BCUT2D eigenvalue weighted by molar-refractivity contribution is 7.92. The quantitative estimate of drug-likeness (QED) is 0.610. The van der Waals surface area contributed by atoms with E-state index in [1.165, 1.54) is 32.4 Å². The summed E-state index contributed by atoms with van der Waals surface area (Å²) >= 11 is 0. The molecule has 8 nitrogen and oxygen atoms in total. The van der Waals surface area contributed by atoms with Crippen molar-refractivity contribution in [3.05, 3.63) is 36.4 Å². The minimum atomic E-state index is -3.92. The molecule has 1 N–H and O–H groups in total. The summed E-state index contributed by atoms with van der Waals surface area (Å²) in [6.45, 7) is 8.65. The largest absolute Gasteiger partial charge is 0.493 e. The molecule has 0 unspecified atom stereocenters. The molecule has 1 heterocycles. The zero-order valence-electron chi connectivity index (χ0n) is 20.0. The van der Waals surface area contributed by atoms with E-state index in [1.807, 2.05) is 13.8 Å². The van der Waals surface area contributed by atoms with E-state index in [2.05, 4.69) is 18.6 Å². The number of hydrogen-bond acceptors (Lipinski definition) is 6. The molecule has 3 rings (SSSR count). The van der Waals surface area contributed by atoms with Crippen molar-refractivity contribution in [1.29, 1.82) is 0 Å². The number of nitrogens with one attached hydrogen (secondary N) is 1. The van der Waals surface area contributed by atoms with Crippen LogP contribution in [0.4, 0.5) is 11.4 Å². The molecule has 180 valence electrons. The van der Waals surface area contributed by atoms with Gasteiger partial charge in [0.05, 0.1) is 35.9 Å². The second-order valence-corrected chi connectivity index (χ2v) is 10.8. The van der Waals surface area contributed by atoms with Crippen LogP contribution in [0.15, 0.2) is 41.3 Å². The zero-order chi connectivity index (χ0) is 24.4. The highest BCUT2D eigenvalue weighted by Crippen LogP contribution is 2.39. The second kappa shape index (κ2) is 9.51. The third-order valence-electron chi connectivity index (χ3n) is 5.51. The molecule has 0 fully saturated rings. The molecular formula is C24H32N2O6S. The monoisotopic (exact) mass is 476 g/mol. The minimum absolute atomic E-state index is 0.0280. The number of benzene rings is 2. The van der Waals surface area contributed by atoms with Crippen molar-refractivity contribution in [2.75, 3.05) is 37.0 Å². The van der Waals surface area contributed by atoms with Crippen LogP contribution >= 0.6 is 0 Å². The van der Waals surface area contributed by atoms with E-state index in [1.54, 1.807) is 23.1 Å². The number of ether oxygens (including phenoxy) is 3. The summed E-state index contributed by atoms with van der Waals surface area (Å²) in [6, 6.07) is 9.34. The first-order valence-corrected chi connectivity index (χ1v) is 12.3. The maximum absolute atomic E-state index is 13.3. The van der Waals surface area contributed by atoms with Crippen LogP contribution in [-0.4, -0.2) is 41.7 Å². The van der Waals surface area contributed by atoms with Crippen molar-refractivity contribution in [2.24, 2.45) is 11.3 Å². The molecule has 0 saturated carbocycles. The zero-order valence-corrected chi connectivity index (χ0v) is 20.8. The topological polar surface area (TPSA) is 94.2 Å². The van der Waals surface area contributed by atoms with Crippen LogP contribution < -0.4 is 23.8 Å². The molecule has 0 bridgehead atoms. The van der Waals surface area contributed by atoms with Crippen molar-refractivity contribution in [2.45, 2.75) is 39.0 Å². The Morgan fingerprint density at radius 1 is 1.09 bits per heavy atom. The standard InChI is InChI=1S/C24H32N2O6S/c1-16(2)11-12-26-19-13-17(7-9-20(19)32-15-24(3,4)23(26)27)25-33(28,29)18-8-10-21(30-5)22(14-18)31-6/h7-10,13-14,16,25H,11-12,15H2,1-6H3. The Bertz CT molecular complexity index is 1130. The summed E-state index contributed by atoms with van der Waals surface area (Å²) in [7, 11) is -0.991. The molecule has 2 aromatic rings. The number of anilines is 2. The van der Waals surface area contributed by atoms with Crippen molar-refractivity contribution >= 4 is 27.3 Å². The molecule has 0 aliphatic carbocycles. The molecule has 1 amide bonds. The van der Waals surface area contributed by atoms with Crippen molar-refractivity contribution < 1.29 is 27.4 Å². The fourth-order valence-electron chi connectivity index (χ4n) is 3.52. The maximum atomic E-state index is 13.3. The lowest BCUT2D eigenvalue weighted by Gasteiger charge is -2.28. The van der Waals surface area contributed by atoms with Gasteiger partial charge in [-0.3, -0.25) is 9.52 Å². The van der Waals surface area contributed by atoms with Gasteiger partial charge in [-0.1, -0.05) is 13.8 Å². The summed E-state index contributed by atoms with van der Waals surface area (Å²) in [4.78, 5) is 15.0. The summed E-state index contributed by atoms with van der Waals surface area (Å²) in [6.07, 6.45) is 0.808. The Morgan fingerprint density at radius 3 is 2.42 bits per heavy atom. The Balaban J connectivity index is 1.97. The van der Waals surface area contributed by atoms with Gasteiger partial charge in [-0.15, -0.1) is 0 Å². The van der Waals surface area contributed by atoms with Crippen molar-refractivity contribution in [1.82, 2.24) is 0 Å². The van der Waals surface area contributed by atoms with Crippen LogP contribution in [0.1, 0.15) is 34.1 Å². The van der Waals surface area contributed by atoms with Gasteiger partial charge in [-0.2, -0.15) is 0 Å². The lowest BCUT2D eigenvalue weighted by Crippen LogP contribution is -2.42. The first-order chi connectivity index (χ1) is 15.5.